The molecule has 128 valence electrons. The number of hydrogen-bond acceptors (Lipinski definition) is 2. The highest BCUT2D eigenvalue weighted by Crippen LogP contribution is 2.36. The molecule has 0 heterocycles. The molecule has 1 aliphatic rings. The van der Waals surface area contributed by atoms with Crippen molar-refractivity contribution in [2.75, 3.05) is 6.61 Å². The van der Waals surface area contributed by atoms with Gasteiger partial charge in [0, 0.05) is 12.3 Å². The minimum absolute atomic E-state index is 0.328. The standard InChI is InChI=1S/C21H32O2/c1-3-5-7-8-18-9-10-19(16-21(18)22)17-11-13-20(14-12-17)23-15-6-4-2/h11-14,18-19H,3-10,15-16H2,1-2H3. The van der Waals surface area contributed by atoms with E-state index in [0.29, 0.717) is 17.6 Å². The van der Waals surface area contributed by atoms with Crippen LogP contribution in [-0.2, 0) is 4.79 Å². The van der Waals surface area contributed by atoms with Crippen LogP contribution in [0, 0.1) is 5.92 Å². The molecule has 0 radical (unpaired) electrons. The van der Waals surface area contributed by atoms with Crippen LogP contribution in [0.25, 0.3) is 0 Å². The molecule has 1 aliphatic carbocycles. The van der Waals surface area contributed by atoms with Gasteiger partial charge in [-0.25, -0.2) is 0 Å². The average molecular weight is 316 g/mol. The van der Waals surface area contributed by atoms with Gasteiger partial charge in [-0.2, -0.15) is 0 Å². The Kier molecular flexibility index (Phi) is 7.64. The molecule has 2 unspecified atom stereocenters. The van der Waals surface area contributed by atoms with Crippen molar-refractivity contribution in [3.8, 4) is 5.75 Å². The molecule has 2 rings (SSSR count). The maximum Gasteiger partial charge on any atom is 0.136 e. The summed E-state index contributed by atoms with van der Waals surface area (Å²) in [4.78, 5) is 12.4. The van der Waals surface area contributed by atoms with Crippen molar-refractivity contribution >= 4 is 5.78 Å². The predicted molar refractivity (Wildman–Crippen MR) is 96.1 cm³/mol. The molecule has 2 nitrogen and oxygen atoms in total. The highest BCUT2D eigenvalue weighted by atomic mass is 16.5. The molecule has 0 aliphatic heterocycles. The number of unbranched alkanes of at least 4 members (excludes halogenated alkanes) is 3. The first-order chi connectivity index (χ1) is 11.2. The lowest BCUT2D eigenvalue weighted by Crippen LogP contribution is -2.23. The van der Waals surface area contributed by atoms with E-state index in [2.05, 4.69) is 38.1 Å². The van der Waals surface area contributed by atoms with Gasteiger partial charge in [-0.15, -0.1) is 0 Å². The van der Waals surface area contributed by atoms with Gasteiger partial charge in [-0.3, -0.25) is 4.79 Å². The van der Waals surface area contributed by atoms with E-state index in [0.717, 1.165) is 50.9 Å². The Morgan fingerprint density at radius 2 is 1.74 bits per heavy atom. The number of benzene rings is 1. The first-order valence-electron chi connectivity index (χ1n) is 9.50. The zero-order valence-electron chi connectivity index (χ0n) is 14.9. The van der Waals surface area contributed by atoms with Gasteiger partial charge in [-0.05, 0) is 49.3 Å². The number of hydrogen-bond donors (Lipinski definition) is 0. The maximum atomic E-state index is 12.4. The Labute approximate surface area is 141 Å². The number of rotatable bonds is 9. The number of carbonyl (C=O) groups excluding carboxylic acids is 1. The Hall–Kier alpha value is -1.31. The van der Waals surface area contributed by atoms with E-state index in [-0.39, 0.29) is 0 Å². The van der Waals surface area contributed by atoms with Crippen molar-refractivity contribution < 1.29 is 9.53 Å². The van der Waals surface area contributed by atoms with E-state index >= 15 is 0 Å². The van der Waals surface area contributed by atoms with Crippen LogP contribution in [0.4, 0.5) is 0 Å². The molecule has 1 saturated carbocycles. The van der Waals surface area contributed by atoms with E-state index in [1.807, 2.05) is 0 Å². The van der Waals surface area contributed by atoms with Crippen LogP contribution in [0.1, 0.15) is 83.1 Å². The van der Waals surface area contributed by atoms with Gasteiger partial charge in [0.1, 0.15) is 11.5 Å². The smallest absolute Gasteiger partial charge is 0.136 e. The van der Waals surface area contributed by atoms with Gasteiger partial charge in [0.25, 0.3) is 0 Å². The van der Waals surface area contributed by atoms with Gasteiger partial charge in [0.2, 0.25) is 0 Å². The van der Waals surface area contributed by atoms with Crippen molar-refractivity contribution in [2.24, 2.45) is 5.92 Å². The summed E-state index contributed by atoms with van der Waals surface area (Å²) in [6.07, 6.45) is 10.0. The van der Waals surface area contributed by atoms with Crippen molar-refractivity contribution in [2.45, 2.75) is 77.6 Å². The summed E-state index contributed by atoms with van der Waals surface area (Å²) < 4.78 is 5.71. The lowest BCUT2D eigenvalue weighted by molar-refractivity contribution is -0.125. The van der Waals surface area contributed by atoms with Crippen LogP contribution in [0.2, 0.25) is 0 Å². The van der Waals surface area contributed by atoms with E-state index < -0.39 is 0 Å². The molecule has 2 atom stereocenters. The van der Waals surface area contributed by atoms with Crippen LogP contribution < -0.4 is 4.74 Å². The fourth-order valence-electron chi connectivity index (χ4n) is 3.48. The van der Waals surface area contributed by atoms with Crippen LogP contribution in [0.15, 0.2) is 24.3 Å². The normalized spacial score (nSPS) is 21.4. The molecule has 2 heteroatoms. The van der Waals surface area contributed by atoms with Crippen molar-refractivity contribution in [3.05, 3.63) is 29.8 Å². The van der Waals surface area contributed by atoms with Gasteiger partial charge in [-0.1, -0.05) is 51.7 Å². The van der Waals surface area contributed by atoms with Crippen LogP contribution in [0.5, 0.6) is 5.75 Å². The van der Waals surface area contributed by atoms with E-state index in [1.165, 1.54) is 24.8 Å². The summed E-state index contributed by atoms with van der Waals surface area (Å²) in [7, 11) is 0. The fourth-order valence-corrected chi connectivity index (χ4v) is 3.48. The summed E-state index contributed by atoms with van der Waals surface area (Å²) in [5, 5.41) is 0. The SMILES string of the molecule is CCCCCC1CCC(c2ccc(OCCCC)cc2)CC1=O. The zero-order chi connectivity index (χ0) is 16.5. The molecule has 0 N–H and O–H groups in total. The van der Waals surface area contributed by atoms with E-state index in [1.54, 1.807) is 0 Å². The van der Waals surface area contributed by atoms with Gasteiger partial charge in [0.15, 0.2) is 0 Å². The first kappa shape index (κ1) is 18.0. The topological polar surface area (TPSA) is 26.3 Å². The zero-order valence-corrected chi connectivity index (χ0v) is 14.9. The van der Waals surface area contributed by atoms with Crippen LogP contribution >= 0.6 is 0 Å². The van der Waals surface area contributed by atoms with Gasteiger partial charge < -0.3 is 4.74 Å². The number of carbonyl (C=O) groups is 1. The van der Waals surface area contributed by atoms with Crippen molar-refractivity contribution in [1.29, 1.82) is 0 Å². The van der Waals surface area contributed by atoms with Crippen molar-refractivity contribution in [3.63, 3.8) is 0 Å². The Bertz CT molecular complexity index is 463. The number of ether oxygens (including phenoxy) is 1. The van der Waals surface area contributed by atoms with E-state index in [4.69, 9.17) is 4.74 Å². The molecule has 0 aromatic heterocycles. The number of Topliss-reactive ketones (excluding diaryl/α,β-unsaturated/α-hetero) is 1. The Morgan fingerprint density at radius 1 is 1.00 bits per heavy atom. The summed E-state index contributed by atoms with van der Waals surface area (Å²) >= 11 is 0. The second-order valence-corrected chi connectivity index (χ2v) is 6.91. The molecule has 0 saturated heterocycles. The number of ketones is 1. The molecule has 0 spiro atoms. The van der Waals surface area contributed by atoms with Crippen LogP contribution in [-0.4, -0.2) is 12.4 Å². The lowest BCUT2D eigenvalue weighted by atomic mass is 9.76. The fraction of sp³-hybridized carbons (Fsp3) is 0.667. The lowest BCUT2D eigenvalue weighted by Gasteiger charge is -2.27. The van der Waals surface area contributed by atoms with Gasteiger partial charge in [0.05, 0.1) is 6.61 Å². The highest BCUT2D eigenvalue weighted by Gasteiger charge is 2.28. The van der Waals surface area contributed by atoms with E-state index in [9.17, 15) is 4.79 Å². The molecule has 1 fully saturated rings. The highest BCUT2D eigenvalue weighted by molar-refractivity contribution is 5.82. The third kappa shape index (κ3) is 5.67. The summed E-state index contributed by atoms with van der Waals surface area (Å²) in [6.45, 7) is 5.17. The molecule has 0 bridgehead atoms. The molecule has 1 aromatic carbocycles. The third-order valence-corrected chi connectivity index (χ3v) is 5.04. The molecular weight excluding hydrogens is 284 g/mol. The minimum Gasteiger partial charge on any atom is -0.494 e. The molecule has 23 heavy (non-hydrogen) atoms. The summed E-state index contributed by atoms with van der Waals surface area (Å²) in [5.41, 5.74) is 1.30. The first-order valence-corrected chi connectivity index (χ1v) is 9.50. The van der Waals surface area contributed by atoms with Crippen molar-refractivity contribution in [1.82, 2.24) is 0 Å². The predicted octanol–water partition coefficient (Wildman–Crippen LogP) is 5.90. The largest absolute Gasteiger partial charge is 0.494 e. The monoisotopic (exact) mass is 316 g/mol. The quantitative estimate of drug-likeness (QED) is 0.530. The summed E-state index contributed by atoms with van der Waals surface area (Å²) in [5.74, 6) is 2.17. The van der Waals surface area contributed by atoms with Gasteiger partial charge >= 0.3 is 0 Å². The minimum atomic E-state index is 0.328. The average Bonchev–Trinajstić information content (AvgIpc) is 2.57. The second-order valence-electron chi connectivity index (χ2n) is 6.91. The molecular formula is C21H32O2. The third-order valence-electron chi connectivity index (χ3n) is 5.04. The second kappa shape index (κ2) is 9.75. The Balaban J connectivity index is 1.82. The molecule has 0 amide bonds. The molecule has 1 aromatic rings. The van der Waals surface area contributed by atoms with Crippen LogP contribution in [0.3, 0.4) is 0 Å². The Morgan fingerprint density at radius 3 is 2.39 bits per heavy atom. The summed E-state index contributed by atoms with van der Waals surface area (Å²) in [6, 6.07) is 8.42. The maximum absolute atomic E-state index is 12.4.